The van der Waals surface area contributed by atoms with Crippen molar-refractivity contribution in [2.75, 3.05) is 26.3 Å². The molecular weight excluding hydrogens is 302 g/mol. The molecule has 0 saturated carbocycles. The van der Waals surface area contributed by atoms with Crippen molar-refractivity contribution in [3.63, 3.8) is 0 Å². The number of aliphatic hydroxyl groups excluding tert-OH is 2. The molecule has 0 aliphatic heterocycles. The van der Waals surface area contributed by atoms with Crippen molar-refractivity contribution in [1.29, 1.82) is 0 Å². The Morgan fingerprint density at radius 1 is 0.958 bits per heavy atom. The quantitative estimate of drug-likeness (QED) is 0.781. The molecule has 24 heavy (non-hydrogen) atoms. The van der Waals surface area contributed by atoms with Crippen molar-refractivity contribution in [2.24, 2.45) is 0 Å². The van der Waals surface area contributed by atoms with Crippen molar-refractivity contribution >= 4 is 5.91 Å². The number of hydrogen-bond donors (Lipinski definition) is 2. The lowest BCUT2D eigenvalue weighted by atomic mass is 9.95. The van der Waals surface area contributed by atoms with Crippen LogP contribution in [-0.2, 0) is 11.2 Å². The first-order valence-electron chi connectivity index (χ1n) is 8.29. The van der Waals surface area contributed by atoms with Gasteiger partial charge in [-0.2, -0.15) is 0 Å². The molecule has 1 atom stereocenters. The molecule has 0 aliphatic rings. The number of carbonyl (C=O) groups excluding carboxylic acids is 1. The molecule has 0 fully saturated rings. The highest BCUT2D eigenvalue weighted by atomic mass is 16.3. The van der Waals surface area contributed by atoms with Crippen LogP contribution >= 0.6 is 0 Å². The van der Waals surface area contributed by atoms with E-state index in [0.717, 1.165) is 17.5 Å². The highest BCUT2D eigenvalue weighted by molar-refractivity contribution is 5.83. The van der Waals surface area contributed by atoms with Gasteiger partial charge in [-0.05, 0) is 30.0 Å². The Morgan fingerprint density at radius 2 is 1.58 bits per heavy atom. The van der Waals surface area contributed by atoms with Crippen LogP contribution in [0.5, 0.6) is 0 Å². The lowest BCUT2D eigenvalue weighted by Crippen LogP contribution is -2.38. The number of rotatable bonds is 8. The largest absolute Gasteiger partial charge is 0.395 e. The maximum Gasteiger partial charge on any atom is 0.229 e. The zero-order chi connectivity index (χ0) is 17.4. The van der Waals surface area contributed by atoms with Gasteiger partial charge in [0.1, 0.15) is 0 Å². The molecule has 4 heteroatoms. The molecule has 0 saturated heterocycles. The molecular formula is C20H25NO3. The second-order valence-electron chi connectivity index (χ2n) is 5.90. The Morgan fingerprint density at radius 3 is 2.21 bits per heavy atom. The summed E-state index contributed by atoms with van der Waals surface area (Å²) in [5, 5.41) is 18.2. The highest BCUT2D eigenvalue weighted by Gasteiger charge is 2.21. The molecule has 2 aromatic rings. The Bertz CT molecular complexity index is 636. The van der Waals surface area contributed by atoms with Gasteiger partial charge in [0.05, 0.1) is 19.1 Å². The maximum absolute atomic E-state index is 12.6. The topological polar surface area (TPSA) is 60.8 Å². The van der Waals surface area contributed by atoms with Gasteiger partial charge < -0.3 is 15.1 Å². The molecule has 0 aromatic heterocycles. The zero-order valence-electron chi connectivity index (χ0n) is 14.1. The van der Waals surface area contributed by atoms with Crippen LogP contribution in [0.1, 0.15) is 29.5 Å². The van der Waals surface area contributed by atoms with Crippen LogP contribution in [0.3, 0.4) is 0 Å². The fraction of sp³-hybridized carbons (Fsp3) is 0.350. The standard InChI is InChI=1S/C20H25NO3/c1-16(20(24)21(10-12-22)11-13-23)19-9-5-8-18(15-19)14-17-6-3-2-4-7-17/h2-9,15-16,22-23H,10-14H2,1H3. The van der Waals surface area contributed by atoms with E-state index in [1.807, 2.05) is 37.3 Å². The number of hydrogen-bond acceptors (Lipinski definition) is 3. The molecule has 128 valence electrons. The average molecular weight is 327 g/mol. The Labute approximate surface area is 143 Å². The van der Waals surface area contributed by atoms with E-state index in [9.17, 15) is 4.79 Å². The molecule has 0 bridgehead atoms. The van der Waals surface area contributed by atoms with E-state index in [1.165, 1.54) is 10.5 Å². The molecule has 4 nitrogen and oxygen atoms in total. The molecule has 0 radical (unpaired) electrons. The maximum atomic E-state index is 12.6. The average Bonchev–Trinajstić information content (AvgIpc) is 2.61. The van der Waals surface area contributed by atoms with E-state index < -0.39 is 0 Å². The molecule has 2 N–H and O–H groups in total. The predicted octanol–water partition coefficient (Wildman–Crippen LogP) is 2.19. The van der Waals surface area contributed by atoms with Crippen molar-refractivity contribution < 1.29 is 15.0 Å². The Kier molecular flexibility index (Phi) is 6.97. The lowest BCUT2D eigenvalue weighted by molar-refractivity contribution is -0.133. The van der Waals surface area contributed by atoms with E-state index in [1.54, 1.807) is 0 Å². The summed E-state index contributed by atoms with van der Waals surface area (Å²) in [5.74, 6) is -0.381. The Balaban J connectivity index is 2.13. The van der Waals surface area contributed by atoms with Gasteiger partial charge in [0, 0.05) is 13.1 Å². The summed E-state index contributed by atoms with van der Waals surface area (Å²) in [7, 11) is 0. The van der Waals surface area contributed by atoms with Crippen LogP contribution in [0.15, 0.2) is 54.6 Å². The smallest absolute Gasteiger partial charge is 0.229 e. The van der Waals surface area contributed by atoms with Gasteiger partial charge in [-0.15, -0.1) is 0 Å². The summed E-state index contributed by atoms with van der Waals surface area (Å²) in [6.45, 7) is 2.14. The predicted molar refractivity (Wildman–Crippen MR) is 94.9 cm³/mol. The molecule has 0 aliphatic carbocycles. The first-order chi connectivity index (χ1) is 11.7. The molecule has 1 amide bonds. The third-order valence-corrected chi connectivity index (χ3v) is 4.12. The summed E-state index contributed by atoms with van der Waals surface area (Å²) in [4.78, 5) is 14.1. The zero-order valence-corrected chi connectivity index (χ0v) is 14.1. The molecule has 0 spiro atoms. The summed E-state index contributed by atoms with van der Waals surface area (Å²) >= 11 is 0. The van der Waals surface area contributed by atoms with E-state index in [4.69, 9.17) is 10.2 Å². The van der Waals surface area contributed by atoms with Gasteiger partial charge in [0.15, 0.2) is 0 Å². The van der Waals surface area contributed by atoms with E-state index in [0.29, 0.717) is 0 Å². The summed E-state index contributed by atoms with van der Waals surface area (Å²) in [6, 6.07) is 18.3. The normalized spacial score (nSPS) is 12.0. The van der Waals surface area contributed by atoms with Gasteiger partial charge >= 0.3 is 0 Å². The van der Waals surface area contributed by atoms with Crippen molar-refractivity contribution in [3.05, 3.63) is 71.3 Å². The number of carbonyl (C=O) groups is 1. The molecule has 2 aromatic carbocycles. The number of aliphatic hydroxyl groups is 2. The van der Waals surface area contributed by atoms with Crippen LogP contribution in [0.4, 0.5) is 0 Å². The van der Waals surface area contributed by atoms with E-state index in [-0.39, 0.29) is 38.1 Å². The molecule has 2 rings (SSSR count). The van der Waals surface area contributed by atoms with Crippen LogP contribution in [0.2, 0.25) is 0 Å². The summed E-state index contributed by atoms with van der Waals surface area (Å²) in [6.07, 6.45) is 0.826. The highest BCUT2D eigenvalue weighted by Crippen LogP contribution is 2.20. The van der Waals surface area contributed by atoms with E-state index in [2.05, 4.69) is 24.3 Å². The minimum Gasteiger partial charge on any atom is -0.395 e. The van der Waals surface area contributed by atoms with Gasteiger partial charge in [0.2, 0.25) is 5.91 Å². The minimum absolute atomic E-state index is 0.0741. The van der Waals surface area contributed by atoms with Gasteiger partial charge in [-0.25, -0.2) is 0 Å². The van der Waals surface area contributed by atoms with Gasteiger partial charge in [-0.1, -0.05) is 54.6 Å². The number of benzene rings is 2. The third kappa shape index (κ3) is 4.91. The van der Waals surface area contributed by atoms with Crippen LogP contribution in [0, 0.1) is 0 Å². The first kappa shape index (κ1) is 18.2. The van der Waals surface area contributed by atoms with Gasteiger partial charge in [0.25, 0.3) is 0 Å². The summed E-state index contributed by atoms with van der Waals surface area (Å²) in [5.41, 5.74) is 3.35. The van der Waals surface area contributed by atoms with Crippen molar-refractivity contribution in [1.82, 2.24) is 4.90 Å². The molecule has 1 unspecified atom stereocenters. The van der Waals surface area contributed by atoms with Gasteiger partial charge in [-0.3, -0.25) is 4.79 Å². The van der Waals surface area contributed by atoms with Crippen LogP contribution in [-0.4, -0.2) is 47.3 Å². The third-order valence-electron chi connectivity index (χ3n) is 4.12. The second-order valence-corrected chi connectivity index (χ2v) is 5.90. The van der Waals surface area contributed by atoms with Crippen LogP contribution < -0.4 is 0 Å². The number of nitrogens with zero attached hydrogens (tertiary/aromatic N) is 1. The van der Waals surface area contributed by atoms with E-state index >= 15 is 0 Å². The SMILES string of the molecule is CC(C(=O)N(CCO)CCO)c1cccc(Cc2ccccc2)c1. The second kappa shape index (κ2) is 9.21. The fourth-order valence-corrected chi connectivity index (χ4v) is 2.79. The summed E-state index contributed by atoms with van der Waals surface area (Å²) < 4.78 is 0. The van der Waals surface area contributed by atoms with Crippen molar-refractivity contribution in [3.8, 4) is 0 Å². The van der Waals surface area contributed by atoms with Crippen molar-refractivity contribution in [2.45, 2.75) is 19.3 Å². The molecule has 0 heterocycles. The first-order valence-corrected chi connectivity index (χ1v) is 8.29. The van der Waals surface area contributed by atoms with Crippen LogP contribution in [0.25, 0.3) is 0 Å². The Hall–Kier alpha value is -2.17. The lowest BCUT2D eigenvalue weighted by Gasteiger charge is -2.24. The number of amides is 1. The minimum atomic E-state index is -0.307. The monoisotopic (exact) mass is 327 g/mol. The fourth-order valence-electron chi connectivity index (χ4n) is 2.79.